The van der Waals surface area contributed by atoms with Crippen molar-refractivity contribution in [2.24, 2.45) is 0 Å². The van der Waals surface area contributed by atoms with Crippen LogP contribution in [-0.4, -0.2) is 20.9 Å². The number of nitrogens with zero attached hydrogens (tertiary/aromatic N) is 1. The molecule has 0 saturated heterocycles. The molecule has 0 spiro atoms. The molecule has 1 N–H and O–H groups in total. The Morgan fingerprint density at radius 3 is 2.07 bits per heavy atom. The van der Waals surface area contributed by atoms with Crippen LogP contribution in [0.2, 0.25) is 0 Å². The average Bonchev–Trinajstić information content (AvgIpc) is 2.72. The number of carbonyl (C=O) groups is 1. The fourth-order valence-corrected chi connectivity index (χ4v) is 4.35. The normalized spacial score (nSPS) is 11.0. The molecule has 0 radical (unpaired) electrons. The Labute approximate surface area is 165 Å². The zero-order valence-electron chi connectivity index (χ0n) is 15.6. The van der Waals surface area contributed by atoms with E-state index in [1.807, 2.05) is 49.4 Å². The molecular formula is C22H22N2O3S. The molecule has 0 bridgehead atoms. The van der Waals surface area contributed by atoms with Gasteiger partial charge in [0.1, 0.15) is 6.54 Å². The molecule has 5 nitrogen and oxygen atoms in total. The zero-order valence-corrected chi connectivity index (χ0v) is 16.4. The third-order valence-corrected chi connectivity index (χ3v) is 6.11. The molecule has 0 aliphatic carbocycles. The van der Waals surface area contributed by atoms with Crippen molar-refractivity contribution < 1.29 is 13.2 Å². The first kappa shape index (κ1) is 19.6. The summed E-state index contributed by atoms with van der Waals surface area (Å²) >= 11 is 0. The minimum Gasteiger partial charge on any atom is -0.350 e. The molecule has 0 heterocycles. The maximum Gasteiger partial charge on any atom is 0.264 e. The van der Waals surface area contributed by atoms with Gasteiger partial charge in [0.25, 0.3) is 10.0 Å². The summed E-state index contributed by atoms with van der Waals surface area (Å²) in [5, 5.41) is 2.80. The lowest BCUT2D eigenvalue weighted by Crippen LogP contribution is -2.41. The number of nitrogens with one attached hydrogen (secondary N) is 1. The van der Waals surface area contributed by atoms with Crippen LogP contribution in [0.25, 0.3) is 0 Å². The van der Waals surface area contributed by atoms with Crippen LogP contribution in [0.15, 0.2) is 89.8 Å². The highest BCUT2D eigenvalue weighted by molar-refractivity contribution is 7.92. The number of para-hydroxylation sites is 1. The number of hydrogen-bond donors (Lipinski definition) is 1. The van der Waals surface area contributed by atoms with Crippen LogP contribution in [0.4, 0.5) is 5.69 Å². The Morgan fingerprint density at radius 2 is 1.43 bits per heavy atom. The second-order valence-corrected chi connectivity index (χ2v) is 8.24. The smallest absolute Gasteiger partial charge is 0.264 e. The summed E-state index contributed by atoms with van der Waals surface area (Å²) in [6, 6.07) is 24.8. The summed E-state index contributed by atoms with van der Waals surface area (Å²) in [5.41, 5.74) is 2.21. The van der Waals surface area contributed by atoms with E-state index in [0.29, 0.717) is 12.2 Å². The topological polar surface area (TPSA) is 66.5 Å². The van der Waals surface area contributed by atoms with Gasteiger partial charge >= 0.3 is 0 Å². The highest BCUT2D eigenvalue weighted by Crippen LogP contribution is 2.26. The SMILES string of the molecule is Cc1ccccc1N(CC(=O)NCc1ccccc1)S(=O)(=O)c1ccccc1. The quantitative estimate of drug-likeness (QED) is 0.667. The van der Waals surface area contributed by atoms with Gasteiger partial charge in [-0.2, -0.15) is 0 Å². The van der Waals surface area contributed by atoms with E-state index in [9.17, 15) is 13.2 Å². The van der Waals surface area contributed by atoms with Gasteiger partial charge in [0.2, 0.25) is 5.91 Å². The van der Waals surface area contributed by atoms with Crippen LogP contribution >= 0.6 is 0 Å². The molecule has 0 saturated carbocycles. The van der Waals surface area contributed by atoms with Gasteiger partial charge in [-0.15, -0.1) is 0 Å². The lowest BCUT2D eigenvalue weighted by atomic mass is 10.2. The van der Waals surface area contributed by atoms with E-state index < -0.39 is 10.0 Å². The van der Waals surface area contributed by atoms with E-state index in [1.165, 1.54) is 12.1 Å². The molecule has 0 aliphatic rings. The maximum atomic E-state index is 13.2. The van der Waals surface area contributed by atoms with Gasteiger partial charge in [-0.25, -0.2) is 8.42 Å². The number of aryl methyl sites for hydroxylation is 1. The molecule has 0 aliphatic heterocycles. The van der Waals surface area contributed by atoms with Crippen LogP contribution in [0.1, 0.15) is 11.1 Å². The molecule has 144 valence electrons. The number of sulfonamides is 1. The van der Waals surface area contributed by atoms with Crippen molar-refractivity contribution in [3.63, 3.8) is 0 Å². The summed E-state index contributed by atoms with van der Waals surface area (Å²) < 4.78 is 27.6. The summed E-state index contributed by atoms with van der Waals surface area (Å²) in [6.07, 6.45) is 0. The second kappa shape index (κ2) is 8.71. The lowest BCUT2D eigenvalue weighted by molar-refractivity contribution is -0.119. The maximum absolute atomic E-state index is 13.2. The van der Waals surface area contributed by atoms with Gasteiger partial charge in [-0.3, -0.25) is 9.10 Å². The van der Waals surface area contributed by atoms with E-state index in [2.05, 4.69) is 5.32 Å². The molecular weight excluding hydrogens is 372 g/mol. The van der Waals surface area contributed by atoms with E-state index in [4.69, 9.17) is 0 Å². The highest BCUT2D eigenvalue weighted by Gasteiger charge is 2.27. The molecule has 1 amide bonds. The monoisotopic (exact) mass is 394 g/mol. The van der Waals surface area contributed by atoms with Crippen LogP contribution in [0.5, 0.6) is 0 Å². The van der Waals surface area contributed by atoms with Gasteiger partial charge in [0.05, 0.1) is 10.6 Å². The zero-order chi connectivity index (χ0) is 20.0. The first-order chi connectivity index (χ1) is 13.5. The first-order valence-electron chi connectivity index (χ1n) is 8.92. The molecule has 3 rings (SSSR count). The standard InChI is InChI=1S/C22H22N2O3S/c1-18-10-8-9-15-21(18)24(28(26,27)20-13-6-3-7-14-20)17-22(25)23-16-19-11-4-2-5-12-19/h2-15H,16-17H2,1H3,(H,23,25). The molecule has 0 atom stereocenters. The fourth-order valence-electron chi connectivity index (χ4n) is 2.85. The third-order valence-electron chi connectivity index (χ3n) is 4.34. The van der Waals surface area contributed by atoms with Crippen LogP contribution in [0.3, 0.4) is 0 Å². The first-order valence-corrected chi connectivity index (χ1v) is 10.4. The van der Waals surface area contributed by atoms with Crippen molar-refractivity contribution in [2.45, 2.75) is 18.4 Å². The van der Waals surface area contributed by atoms with Crippen molar-refractivity contribution >= 4 is 21.6 Å². The van der Waals surface area contributed by atoms with E-state index in [-0.39, 0.29) is 17.3 Å². The van der Waals surface area contributed by atoms with Gasteiger partial charge < -0.3 is 5.32 Å². The van der Waals surface area contributed by atoms with E-state index >= 15 is 0 Å². The number of hydrogen-bond acceptors (Lipinski definition) is 3. The molecule has 3 aromatic carbocycles. The average molecular weight is 394 g/mol. The predicted octanol–water partition coefficient (Wildman–Crippen LogP) is 3.51. The van der Waals surface area contributed by atoms with Crippen molar-refractivity contribution in [2.75, 3.05) is 10.8 Å². The van der Waals surface area contributed by atoms with Gasteiger partial charge in [-0.05, 0) is 36.2 Å². The minimum atomic E-state index is -3.88. The highest BCUT2D eigenvalue weighted by atomic mass is 32.2. The summed E-state index contributed by atoms with van der Waals surface area (Å²) in [7, 11) is -3.88. The van der Waals surface area contributed by atoms with Crippen LogP contribution in [0, 0.1) is 6.92 Å². The predicted molar refractivity (Wildman–Crippen MR) is 110 cm³/mol. The lowest BCUT2D eigenvalue weighted by Gasteiger charge is -2.25. The molecule has 28 heavy (non-hydrogen) atoms. The van der Waals surface area contributed by atoms with Crippen molar-refractivity contribution in [1.82, 2.24) is 5.32 Å². The number of carbonyl (C=O) groups excluding carboxylic acids is 1. The number of amides is 1. The van der Waals surface area contributed by atoms with E-state index in [0.717, 1.165) is 15.4 Å². The van der Waals surface area contributed by atoms with Crippen LogP contribution in [-0.2, 0) is 21.4 Å². The minimum absolute atomic E-state index is 0.147. The van der Waals surface area contributed by atoms with Gasteiger partial charge in [0.15, 0.2) is 0 Å². The number of rotatable bonds is 7. The fraction of sp³-hybridized carbons (Fsp3) is 0.136. The molecule has 0 unspecified atom stereocenters. The number of anilines is 1. The van der Waals surface area contributed by atoms with Gasteiger partial charge in [-0.1, -0.05) is 66.7 Å². The summed E-state index contributed by atoms with van der Waals surface area (Å²) in [4.78, 5) is 12.7. The Kier molecular flexibility index (Phi) is 6.11. The Balaban J connectivity index is 1.87. The molecule has 6 heteroatoms. The molecule has 0 fully saturated rings. The van der Waals surface area contributed by atoms with Crippen molar-refractivity contribution in [3.05, 3.63) is 96.1 Å². The Bertz CT molecular complexity index is 1040. The summed E-state index contributed by atoms with van der Waals surface area (Å²) in [6.45, 7) is 1.87. The third kappa shape index (κ3) is 4.58. The molecule has 0 aromatic heterocycles. The Hall–Kier alpha value is -3.12. The summed E-state index contributed by atoms with van der Waals surface area (Å²) in [5.74, 6) is -0.369. The van der Waals surface area contributed by atoms with Crippen LogP contribution < -0.4 is 9.62 Å². The van der Waals surface area contributed by atoms with E-state index in [1.54, 1.807) is 30.3 Å². The largest absolute Gasteiger partial charge is 0.350 e. The Morgan fingerprint density at radius 1 is 0.857 bits per heavy atom. The van der Waals surface area contributed by atoms with Gasteiger partial charge in [0, 0.05) is 6.54 Å². The van der Waals surface area contributed by atoms with Crippen molar-refractivity contribution in [1.29, 1.82) is 0 Å². The molecule has 3 aromatic rings. The van der Waals surface area contributed by atoms with Crippen molar-refractivity contribution in [3.8, 4) is 0 Å². The number of benzene rings is 3. The second-order valence-electron chi connectivity index (χ2n) is 6.37.